The molecule has 0 bridgehead atoms. The van der Waals surface area contributed by atoms with Gasteiger partial charge in [0.2, 0.25) is 0 Å². The van der Waals surface area contributed by atoms with Gasteiger partial charge < -0.3 is 5.32 Å². The van der Waals surface area contributed by atoms with Crippen molar-refractivity contribution in [1.82, 2.24) is 5.32 Å². The summed E-state index contributed by atoms with van der Waals surface area (Å²) in [6.45, 7) is 10.3. The lowest BCUT2D eigenvalue weighted by molar-refractivity contribution is 0.705. The molecule has 10 heavy (non-hydrogen) atoms. The molecule has 0 saturated carbocycles. The number of hydrogen-bond donors (Lipinski definition) is 1. The van der Waals surface area contributed by atoms with Crippen LogP contribution in [0.2, 0.25) is 0 Å². The Morgan fingerprint density at radius 3 is 2.50 bits per heavy atom. The number of halogens is 1. The van der Waals surface area contributed by atoms with Crippen LogP contribution in [0.15, 0.2) is 12.2 Å². The van der Waals surface area contributed by atoms with Gasteiger partial charge in [-0.05, 0) is 19.4 Å². The second-order valence-electron chi connectivity index (χ2n) is 2.28. The van der Waals surface area contributed by atoms with Crippen LogP contribution in [0.5, 0.6) is 0 Å². The molecule has 0 heterocycles. The van der Waals surface area contributed by atoms with Gasteiger partial charge in [-0.15, -0.1) is 0 Å². The summed E-state index contributed by atoms with van der Waals surface area (Å²) < 4.78 is 0. The first kappa shape index (κ1) is 12.3. The van der Waals surface area contributed by atoms with Gasteiger partial charge >= 0.3 is 0 Å². The number of rotatable bonds is 5. The molecule has 0 atom stereocenters. The van der Waals surface area contributed by atoms with Gasteiger partial charge in [-0.3, -0.25) is 4.70 Å². The van der Waals surface area contributed by atoms with E-state index in [4.69, 9.17) is 0 Å². The van der Waals surface area contributed by atoms with Crippen LogP contribution < -0.4 is 5.32 Å². The maximum Gasteiger partial charge on any atom is 0.0161 e. The molecule has 0 spiro atoms. The summed E-state index contributed by atoms with van der Waals surface area (Å²) in [4.78, 5) is 0. The van der Waals surface area contributed by atoms with Crippen LogP contribution in [0.3, 0.4) is 0 Å². The predicted molar refractivity (Wildman–Crippen MR) is 47.2 cm³/mol. The third-order valence-electron chi connectivity index (χ3n) is 1.30. The summed E-state index contributed by atoms with van der Waals surface area (Å²) in [6, 6.07) is 0. The second-order valence-corrected chi connectivity index (χ2v) is 2.28. The van der Waals surface area contributed by atoms with E-state index in [-0.39, 0.29) is 6.13 Å². The molecule has 0 saturated heterocycles. The Kier molecular flexibility index (Phi) is 10.6. The Labute approximate surface area is 64.4 Å². The second kappa shape index (κ2) is 8.63. The van der Waals surface area contributed by atoms with Crippen LogP contribution in [0.4, 0.5) is 4.70 Å². The minimum Gasteiger partial charge on any atom is -0.313 e. The lowest BCUT2D eigenvalue weighted by Crippen LogP contribution is -2.16. The van der Waals surface area contributed by atoms with E-state index in [0.717, 1.165) is 19.5 Å². The van der Waals surface area contributed by atoms with E-state index in [2.05, 4.69) is 25.7 Å². The van der Waals surface area contributed by atoms with Crippen molar-refractivity contribution in [2.24, 2.45) is 0 Å². The third-order valence-corrected chi connectivity index (χ3v) is 1.30. The zero-order valence-corrected chi connectivity index (χ0v) is 6.94. The minimum absolute atomic E-state index is 0. The normalized spacial score (nSPS) is 8.60. The molecule has 1 nitrogen and oxygen atoms in total. The monoisotopic (exact) mass is 149 g/mol. The van der Waals surface area contributed by atoms with Crippen molar-refractivity contribution in [3.8, 4) is 0 Å². The maximum atomic E-state index is 3.88. The molecule has 0 rings (SSSR count). The zero-order valence-electron chi connectivity index (χ0n) is 6.94. The first-order chi connectivity index (χ1) is 4.31. The van der Waals surface area contributed by atoms with Crippen molar-refractivity contribution in [2.45, 2.75) is 26.7 Å². The summed E-state index contributed by atoms with van der Waals surface area (Å²) in [7, 11) is 0. The van der Waals surface area contributed by atoms with Gasteiger partial charge in [-0.1, -0.05) is 26.0 Å². The molecular weight excluding hydrogens is 129 g/mol. The molecule has 0 radical (unpaired) electrons. The van der Waals surface area contributed by atoms with Crippen molar-refractivity contribution < 1.29 is 6.13 Å². The molecule has 0 aliphatic rings. The summed E-state index contributed by atoms with van der Waals surface area (Å²) in [5, 5.41) is 3.29. The van der Waals surface area contributed by atoms with Gasteiger partial charge in [0.25, 0.3) is 0 Å². The topological polar surface area (TPSA) is 12.0 Å². The van der Waals surface area contributed by atoms with E-state index >= 15 is 0 Å². The summed E-state index contributed by atoms with van der Waals surface area (Å²) in [5.41, 5.74) is 1.29. The van der Waals surface area contributed by atoms with Crippen LogP contribution in [0, 0.1) is 0 Å². The lowest BCUT2D eigenvalue weighted by atomic mass is 10.2. The Morgan fingerprint density at radius 1 is 1.50 bits per heavy atom. The van der Waals surface area contributed by atoms with Crippen LogP contribution in [0.25, 0.3) is 0 Å². The largest absolute Gasteiger partial charge is 0.313 e. The quantitative estimate of drug-likeness (QED) is 0.467. The van der Waals surface area contributed by atoms with E-state index in [1.54, 1.807) is 0 Å². The zero-order chi connectivity index (χ0) is 7.11. The van der Waals surface area contributed by atoms with Crippen molar-refractivity contribution in [2.75, 3.05) is 13.1 Å². The van der Waals surface area contributed by atoms with Gasteiger partial charge in [-0.25, -0.2) is 0 Å². The fraction of sp³-hybridized carbons (Fsp3) is 0.750. The van der Waals surface area contributed by atoms with Crippen LogP contribution in [0.1, 0.15) is 28.1 Å². The highest BCUT2D eigenvalue weighted by atomic mass is 19.0. The predicted octanol–water partition coefficient (Wildman–Crippen LogP) is 2.35. The van der Waals surface area contributed by atoms with Crippen LogP contribution in [-0.2, 0) is 0 Å². The van der Waals surface area contributed by atoms with Crippen LogP contribution >= 0.6 is 0 Å². The Bertz CT molecular complexity index is 86.2. The van der Waals surface area contributed by atoms with E-state index < -0.39 is 0 Å². The van der Waals surface area contributed by atoms with Gasteiger partial charge in [0.05, 0.1) is 0 Å². The van der Waals surface area contributed by atoms with Crippen molar-refractivity contribution >= 4 is 0 Å². The molecule has 0 amide bonds. The summed E-state index contributed by atoms with van der Waals surface area (Å²) in [5.74, 6) is 0. The lowest BCUT2D eigenvalue weighted by Gasteiger charge is -2.02. The highest BCUT2D eigenvalue weighted by Crippen LogP contribution is 1.91. The van der Waals surface area contributed by atoms with E-state index in [0.29, 0.717) is 0 Å². The van der Waals surface area contributed by atoms with Gasteiger partial charge in [-0.2, -0.15) is 0 Å². The highest BCUT2D eigenvalue weighted by Gasteiger charge is 1.86. The first-order valence-electron chi connectivity index (χ1n) is 3.68. The van der Waals surface area contributed by atoms with Crippen molar-refractivity contribution in [1.29, 1.82) is 0 Å². The molecule has 0 aromatic rings. The van der Waals surface area contributed by atoms with Crippen LogP contribution in [-0.4, -0.2) is 13.1 Å². The highest BCUT2D eigenvalue weighted by molar-refractivity contribution is 4.94. The molecule has 0 unspecified atom stereocenters. The summed E-state index contributed by atoms with van der Waals surface area (Å²) >= 11 is 0. The van der Waals surface area contributed by atoms with Crippen molar-refractivity contribution in [3.63, 3.8) is 0 Å². The van der Waals surface area contributed by atoms with Gasteiger partial charge in [0.15, 0.2) is 0 Å². The molecule has 2 heteroatoms. The maximum absolute atomic E-state index is 3.88. The average Bonchev–Trinajstić information content (AvgIpc) is 1.89. The van der Waals surface area contributed by atoms with E-state index in [1.807, 2.05) is 0 Å². The Hall–Kier alpha value is -0.370. The van der Waals surface area contributed by atoms with Crippen molar-refractivity contribution in [3.05, 3.63) is 12.2 Å². The minimum atomic E-state index is 0. The Morgan fingerprint density at radius 2 is 2.10 bits per heavy atom. The summed E-state index contributed by atoms with van der Waals surface area (Å²) in [6.07, 6.45) is 2.30. The molecule has 64 valence electrons. The molecule has 0 fully saturated rings. The molecular formula is C8H20FN. The fourth-order valence-electron chi connectivity index (χ4n) is 0.567. The fourth-order valence-corrected chi connectivity index (χ4v) is 0.567. The number of hydrogen-bond acceptors (Lipinski definition) is 1. The molecule has 1 N–H and O–H groups in total. The molecule has 0 aliphatic heterocycles. The smallest absolute Gasteiger partial charge is 0.0161 e. The molecule has 0 aliphatic carbocycles. The van der Waals surface area contributed by atoms with E-state index in [9.17, 15) is 0 Å². The van der Waals surface area contributed by atoms with Gasteiger partial charge in [0.1, 0.15) is 0 Å². The standard InChI is InChI=1S/C8H17N.FH.H2/c1-4-6-9-7-8(3)5-2;;/h9H,3-7H2,1-2H3;2*1H. The molecule has 0 aromatic carbocycles. The van der Waals surface area contributed by atoms with Gasteiger partial charge in [0, 0.05) is 7.97 Å². The number of nitrogens with one attached hydrogen (secondary N) is 1. The third kappa shape index (κ3) is 7.63. The average molecular weight is 149 g/mol. The first-order valence-corrected chi connectivity index (χ1v) is 3.68. The SMILES string of the molecule is C=C(CC)CNCCC.F.[HH]. The molecule has 0 aromatic heterocycles. The Balaban J connectivity index is -0.000000320. The van der Waals surface area contributed by atoms with E-state index in [1.165, 1.54) is 12.0 Å².